The molecule has 1 atom stereocenters. The summed E-state index contributed by atoms with van der Waals surface area (Å²) in [4.78, 5) is 65.4. The number of carbonyl (C=O) groups excluding carboxylic acids is 5. The van der Waals surface area contributed by atoms with Crippen LogP contribution < -0.4 is 16.0 Å². The highest BCUT2D eigenvalue weighted by Crippen LogP contribution is 2.29. The minimum atomic E-state index is -0.736. The summed E-state index contributed by atoms with van der Waals surface area (Å²) in [7, 11) is 0. The van der Waals surface area contributed by atoms with E-state index in [4.69, 9.17) is 4.74 Å². The van der Waals surface area contributed by atoms with Gasteiger partial charge in [-0.15, -0.1) is 0 Å². The molecule has 0 radical (unpaired) electrons. The molecule has 11 heteroatoms. The Labute approximate surface area is 225 Å². The van der Waals surface area contributed by atoms with Crippen LogP contribution in [0.1, 0.15) is 58.5 Å². The normalized spacial score (nSPS) is 19.4. The van der Waals surface area contributed by atoms with Gasteiger partial charge in [-0.05, 0) is 61.7 Å². The van der Waals surface area contributed by atoms with Gasteiger partial charge in [-0.25, -0.2) is 4.79 Å². The number of rotatable bonds is 5. The first-order valence-corrected chi connectivity index (χ1v) is 13.0. The fraction of sp³-hybridized carbons (Fsp3) is 0.393. The Bertz CT molecular complexity index is 1330. The average Bonchev–Trinajstić information content (AvgIpc) is 3.23. The number of nitrogens with zero attached hydrogens (tertiary/aromatic N) is 2. The second kappa shape index (κ2) is 10.5. The molecule has 1 unspecified atom stereocenters. The Morgan fingerprint density at radius 1 is 1.03 bits per heavy atom. The summed E-state index contributed by atoms with van der Waals surface area (Å²) < 4.78 is 5.31. The maximum Gasteiger partial charge on any atom is 0.319 e. The highest BCUT2D eigenvalue weighted by Gasteiger charge is 2.39. The van der Waals surface area contributed by atoms with Gasteiger partial charge in [0.2, 0.25) is 11.8 Å². The lowest BCUT2D eigenvalue weighted by Gasteiger charge is -2.29. The Kier molecular flexibility index (Phi) is 7.09. The molecule has 0 aliphatic carbocycles. The fourth-order valence-corrected chi connectivity index (χ4v) is 5.15. The van der Waals surface area contributed by atoms with Crippen LogP contribution in [0.25, 0.3) is 0 Å². The summed E-state index contributed by atoms with van der Waals surface area (Å²) in [6.45, 7) is 6.16. The van der Waals surface area contributed by atoms with Gasteiger partial charge < -0.3 is 25.2 Å². The highest BCUT2D eigenvalue weighted by atomic mass is 16.5. The Morgan fingerprint density at radius 3 is 2.44 bits per heavy atom. The van der Waals surface area contributed by atoms with Crippen molar-refractivity contribution in [3.63, 3.8) is 0 Å². The number of hydrogen-bond donors (Lipinski definition) is 3. The number of piperidine rings is 1. The lowest BCUT2D eigenvalue weighted by atomic mass is 9.93. The molecule has 3 aliphatic rings. The molecule has 5 rings (SSSR count). The van der Waals surface area contributed by atoms with Crippen molar-refractivity contribution in [2.24, 2.45) is 0 Å². The number of amides is 6. The van der Waals surface area contributed by atoms with Crippen LogP contribution in [-0.2, 0) is 26.4 Å². The largest absolute Gasteiger partial charge is 0.378 e. The van der Waals surface area contributed by atoms with E-state index in [-0.39, 0.29) is 37.1 Å². The van der Waals surface area contributed by atoms with Crippen LogP contribution in [0.4, 0.5) is 10.5 Å². The van der Waals surface area contributed by atoms with Crippen LogP contribution in [0.5, 0.6) is 0 Å². The molecule has 3 heterocycles. The monoisotopic (exact) mass is 533 g/mol. The van der Waals surface area contributed by atoms with Crippen molar-refractivity contribution in [3.8, 4) is 0 Å². The lowest BCUT2D eigenvalue weighted by molar-refractivity contribution is -0.136. The van der Waals surface area contributed by atoms with Gasteiger partial charge in [0, 0.05) is 42.9 Å². The number of imide groups is 1. The van der Waals surface area contributed by atoms with E-state index in [0.29, 0.717) is 48.7 Å². The van der Waals surface area contributed by atoms with Crippen molar-refractivity contribution >= 4 is 35.3 Å². The van der Waals surface area contributed by atoms with Gasteiger partial charge in [-0.3, -0.25) is 24.5 Å². The first-order valence-electron chi connectivity index (χ1n) is 13.0. The van der Waals surface area contributed by atoms with Crippen molar-refractivity contribution in [1.82, 2.24) is 20.4 Å². The highest BCUT2D eigenvalue weighted by molar-refractivity contribution is 6.05. The summed E-state index contributed by atoms with van der Waals surface area (Å²) in [6, 6.07) is 11.1. The number of benzene rings is 2. The molecular weight excluding hydrogens is 502 g/mol. The molecule has 3 aliphatic heterocycles. The van der Waals surface area contributed by atoms with Gasteiger partial charge >= 0.3 is 6.03 Å². The zero-order valence-electron chi connectivity index (χ0n) is 21.9. The number of anilines is 1. The number of urea groups is 1. The molecule has 39 heavy (non-hydrogen) atoms. The fourth-order valence-electron chi connectivity index (χ4n) is 5.15. The molecule has 2 fully saturated rings. The van der Waals surface area contributed by atoms with Crippen molar-refractivity contribution in [2.75, 3.05) is 31.6 Å². The van der Waals surface area contributed by atoms with Crippen LogP contribution in [0.3, 0.4) is 0 Å². The molecule has 0 aromatic heterocycles. The van der Waals surface area contributed by atoms with Crippen LogP contribution in [0, 0.1) is 0 Å². The molecule has 2 aromatic rings. The second-order valence-corrected chi connectivity index (χ2v) is 10.5. The topological polar surface area (TPSA) is 137 Å². The predicted molar refractivity (Wildman–Crippen MR) is 141 cm³/mol. The minimum absolute atomic E-state index is 0.0420. The van der Waals surface area contributed by atoms with E-state index in [9.17, 15) is 24.0 Å². The average molecular weight is 534 g/mol. The molecule has 11 nitrogen and oxygen atoms in total. The Morgan fingerprint density at radius 2 is 1.74 bits per heavy atom. The van der Waals surface area contributed by atoms with E-state index < -0.39 is 23.5 Å². The van der Waals surface area contributed by atoms with E-state index in [1.807, 2.05) is 26.0 Å². The maximum absolute atomic E-state index is 12.9. The molecule has 0 bridgehead atoms. The van der Waals surface area contributed by atoms with Gasteiger partial charge in [0.15, 0.2) is 0 Å². The van der Waals surface area contributed by atoms with Gasteiger partial charge in [0.25, 0.3) is 11.8 Å². The summed E-state index contributed by atoms with van der Waals surface area (Å²) in [6.07, 6.45) is 0.474. The third kappa shape index (κ3) is 5.49. The number of carbonyl (C=O) groups is 5. The number of nitrogens with one attached hydrogen (secondary N) is 3. The van der Waals surface area contributed by atoms with Crippen LogP contribution >= 0.6 is 0 Å². The Hall–Kier alpha value is -4.25. The van der Waals surface area contributed by atoms with Crippen LogP contribution in [0.2, 0.25) is 0 Å². The first kappa shape index (κ1) is 26.4. The number of fused-ring (bicyclic) bond motifs is 1. The quantitative estimate of drug-likeness (QED) is 0.503. The number of ether oxygens (including phenoxy) is 1. The smallest absolute Gasteiger partial charge is 0.319 e. The third-order valence-electron chi connectivity index (χ3n) is 7.36. The summed E-state index contributed by atoms with van der Waals surface area (Å²) in [5.74, 6) is -1.11. The zero-order chi connectivity index (χ0) is 27.7. The van der Waals surface area contributed by atoms with E-state index in [1.165, 1.54) is 4.90 Å². The summed E-state index contributed by atoms with van der Waals surface area (Å²) in [5.41, 5.74) is 2.35. The van der Waals surface area contributed by atoms with Crippen molar-refractivity contribution < 1.29 is 28.7 Å². The van der Waals surface area contributed by atoms with E-state index in [1.54, 1.807) is 35.2 Å². The lowest BCUT2D eigenvalue weighted by Crippen LogP contribution is -2.52. The molecule has 2 aromatic carbocycles. The van der Waals surface area contributed by atoms with Gasteiger partial charge in [0.05, 0.1) is 18.8 Å². The molecule has 0 spiro atoms. The standard InChI is InChI=1S/C28H31N5O6/c1-28(2,19-5-3-17(4-6-19)25(36)32-11-13-39-14-12-32)31-27(38)29-20-7-8-21-18(15-20)16-33(26(21)37)22-9-10-23(34)30-24(22)35/h3-8,15,22H,9-14,16H2,1-2H3,(H2,29,31,38)(H,30,34,35). The molecule has 6 amide bonds. The van der Waals surface area contributed by atoms with Crippen molar-refractivity contribution in [2.45, 2.75) is 44.8 Å². The van der Waals surface area contributed by atoms with Gasteiger partial charge in [0.1, 0.15) is 6.04 Å². The summed E-state index contributed by atoms with van der Waals surface area (Å²) in [5, 5.41) is 8.06. The predicted octanol–water partition coefficient (Wildman–Crippen LogP) is 1.98. The van der Waals surface area contributed by atoms with Gasteiger partial charge in [-0.2, -0.15) is 0 Å². The van der Waals surface area contributed by atoms with Gasteiger partial charge in [-0.1, -0.05) is 12.1 Å². The van der Waals surface area contributed by atoms with E-state index >= 15 is 0 Å². The third-order valence-corrected chi connectivity index (χ3v) is 7.36. The molecular formula is C28H31N5O6. The second-order valence-electron chi connectivity index (χ2n) is 10.5. The SMILES string of the molecule is CC(C)(NC(=O)Nc1ccc2c(c1)CN(C1CCC(=O)NC1=O)C2=O)c1ccc(C(=O)N2CCOCC2)cc1. The number of morpholine rings is 1. The molecule has 2 saturated heterocycles. The van der Waals surface area contributed by atoms with Crippen LogP contribution in [0.15, 0.2) is 42.5 Å². The van der Waals surface area contributed by atoms with E-state index in [0.717, 1.165) is 5.56 Å². The number of hydrogen-bond acceptors (Lipinski definition) is 6. The first-order chi connectivity index (χ1) is 18.6. The summed E-state index contributed by atoms with van der Waals surface area (Å²) >= 11 is 0. The van der Waals surface area contributed by atoms with Crippen molar-refractivity contribution in [1.29, 1.82) is 0 Å². The molecule has 0 saturated carbocycles. The van der Waals surface area contributed by atoms with Crippen LogP contribution in [-0.4, -0.2) is 71.8 Å². The van der Waals surface area contributed by atoms with Crippen molar-refractivity contribution in [3.05, 3.63) is 64.7 Å². The zero-order valence-corrected chi connectivity index (χ0v) is 21.9. The minimum Gasteiger partial charge on any atom is -0.378 e. The van der Waals surface area contributed by atoms with E-state index in [2.05, 4.69) is 16.0 Å². The molecule has 204 valence electrons. The Balaban J connectivity index is 1.21. The molecule has 3 N–H and O–H groups in total. The maximum atomic E-state index is 12.9.